The second kappa shape index (κ2) is 9.62. The largest absolute Gasteiger partial charge is 0.489 e. The third kappa shape index (κ3) is 5.60. The van der Waals surface area contributed by atoms with Crippen LogP contribution in [-0.2, 0) is 9.47 Å². The summed E-state index contributed by atoms with van der Waals surface area (Å²) in [6.07, 6.45) is 3.51. The van der Waals surface area contributed by atoms with Crippen LogP contribution in [0.1, 0.15) is 30.1 Å². The first-order chi connectivity index (χ1) is 15.5. The van der Waals surface area contributed by atoms with Crippen molar-refractivity contribution in [3.8, 4) is 5.75 Å². The zero-order valence-electron chi connectivity index (χ0n) is 18.5. The minimum Gasteiger partial charge on any atom is -0.489 e. The Labute approximate surface area is 199 Å². The molecule has 5 N–H and O–H groups in total. The Morgan fingerprint density at radius 1 is 1.36 bits per heavy atom. The predicted molar refractivity (Wildman–Crippen MR) is 130 cm³/mol. The number of benzene rings is 1. The first-order valence-corrected chi connectivity index (χ1v) is 10.9. The third-order valence-electron chi connectivity index (χ3n) is 5.72. The van der Waals surface area contributed by atoms with Gasteiger partial charge in [0.25, 0.3) is 5.91 Å². The van der Waals surface area contributed by atoms with Crippen LogP contribution in [0, 0.1) is 5.41 Å². The first kappa shape index (κ1) is 23.4. The summed E-state index contributed by atoms with van der Waals surface area (Å²) in [7, 11) is 0. The molecule has 2 aliphatic heterocycles. The number of ether oxygens (including phenoxy) is 3. The number of carbonyl (C=O) groups is 1. The van der Waals surface area contributed by atoms with Crippen molar-refractivity contribution >= 4 is 42.5 Å². The zero-order valence-corrected chi connectivity index (χ0v) is 19.5. The number of carbonyl (C=O) groups excluding carboxylic acids is 1. The summed E-state index contributed by atoms with van der Waals surface area (Å²) in [5.41, 5.74) is 7.50. The molecule has 33 heavy (non-hydrogen) atoms. The van der Waals surface area contributed by atoms with Crippen molar-refractivity contribution in [2.75, 3.05) is 48.9 Å². The molecule has 1 saturated heterocycles. The quantitative estimate of drug-likeness (QED) is 0.454. The second-order valence-corrected chi connectivity index (χ2v) is 9.00. The molecule has 10 nitrogen and oxygen atoms in total. The zero-order chi connectivity index (χ0) is 22.1. The van der Waals surface area contributed by atoms with E-state index in [0.29, 0.717) is 37.6 Å². The van der Waals surface area contributed by atoms with Crippen molar-refractivity contribution in [2.45, 2.75) is 31.9 Å². The molecule has 2 aromatic rings. The highest BCUT2D eigenvalue weighted by Crippen LogP contribution is 2.32. The van der Waals surface area contributed by atoms with E-state index in [1.807, 2.05) is 18.2 Å². The van der Waals surface area contributed by atoms with Gasteiger partial charge in [-0.2, -0.15) is 18.5 Å². The fourth-order valence-corrected chi connectivity index (χ4v) is 3.58. The molecule has 2 fully saturated rings. The number of hydrogen-bond acceptors (Lipinski definition) is 9. The van der Waals surface area contributed by atoms with Gasteiger partial charge in [-0.05, 0) is 31.0 Å². The van der Waals surface area contributed by atoms with Crippen LogP contribution in [0.3, 0.4) is 0 Å². The van der Waals surface area contributed by atoms with Crippen LogP contribution in [0.15, 0.2) is 24.4 Å². The number of aromatic nitrogens is 2. The monoisotopic (exact) mass is 474 g/mol. The molecule has 1 atom stereocenters. The van der Waals surface area contributed by atoms with E-state index in [1.165, 1.54) is 6.20 Å². The Balaban J connectivity index is 0.00000259. The van der Waals surface area contributed by atoms with E-state index in [-0.39, 0.29) is 30.6 Å². The van der Waals surface area contributed by atoms with Gasteiger partial charge in [0.15, 0.2) is 0 Å². The van der Waals surface area contributed by atoms with E-state index in [4.69, 9.17) is 19.9 Å². The summed E-state index contributed by atoms with van der Waals surface area (Å²) in [6, 6.07) is 6.07. The van der Waals surface area contributed by atoms with Gasteiger partial charge in [0.05, 0.1) is 31.1 Å². The standard InChI is InChI=1S/C22H28N6O4.H2S/c1-22(10-30-11-22)12-32-15-7-24-17-6-14(4-5-18(17)31-9-15)27-21-25-8-16(19(23)29)20(28-21)26-13-2-3-13;/h4-6,8,13,15,24H,2-3,7,9-12H2,1H3,(H2,23,29)(H2,25,26,27,28);1H2/t15-;/m0./s1. The van der Waals surface area contributed by atoms with Crippen molar-refractivity contribution in [1.82, 2.24) is 9.97 Å². The molecule has 1 aliphatic carbocycles. The van der Waals surface area contributed by atoms with E-state index in [9.17, 15) is 4.79 Å². The molecule has 1 aromatic heterocycles. The van der Waals surface area contributed by atoms with Gasteiger partial charge in [-0.1, -0.05) is 6.92 Å². The lowest BCUT2D eigenvalue weighted by Crippen LogP contribution is -2.45. The normalized spacial score (nSPS) is 20.6. The summed E-state index contributed by atoms with van der Waals surface area (Å²) >= 11 is 0. The Hall–Kier alpha value is -2.76. The molecular formula is C22H30N6O4S. The van der Waals surface area contributed by atoms with Gasteiger partial charge in [0.1, 0.15) is 24.3 Å². The summed E-state index contributed by atoms with van der Waals surface area (Å²) in [4.78, 5) is 20.4. The molecule has 1 aromatic carbocycles. The van der Waals surface area contributed by atoms with E-state index in [1.54, 1.807) is 0 Å². The van der Waals surface area contributed by atoms with Gasteiger partial charge < -0.3 is 35.9 Å². The smallest absolute Gasteiger partial charge is 0.254 e. The maximum Gasteiger partial charge on any atom is 0.254 e. The van der Waals surface area contributed by atoms with Crippen LogP contribution in [0.2, 0.25) is 0 Å². The second-order valence-electron chi connectivity index (χ2n) is 9.00. The molecule has 178 valence electrons. The van der Waals surface area contributed by atoms with Crippen LogP contribution in [0.5, 0.6) is 5.75 Å². The molecule has 3 heterocycles. The predicted octanol–water partition coefficient (Wildman–Crippen LogP) is 2.23. The minimum atomic E-state index is -0.554. The SMILES string of the molecule is CC1(CO[C@H]2CNc3cc(Nc4ncc(C(N)=O)c(NC5CC5)n4)ccc3OC2)COC1.S. The van der Waals surface area contributed by atoms with Crippen LogP contribution in [0.4, 0.5) is 23.1 Å². The van der Waals surface area contributed by atoms with Gasteiger partial charge in [-0.25, -0.2) is 4.98 Å². The minimum absolute atomic E-state index is 0. The Morgan fingerprint density at radius 2 is 2.18 bits per heavy atom. The number of nitrogens with zero attached hydrogens (tertiary/aromatic N) is 2. The van der Waals surface area contributed by atoms with Crippen molar-refractivity contribution in [2.24, 2.45) is 11.1 Å². The van der Waals surface area contributed by atoms with Crippen molar-refractivity contribution in [3.05, 3.63) is 30.0 Å². The van der Waals surface area contributed by atoms with Gasteiger partial charge in [0, 0.05) is 29.9 Å². The number of amides is 1. The Bertz CT molecular complexity index is 1010. The number of nitrogens with one attached hydrogen (secondary N) is 3. The molecule has 0 spiro atoms. The van der Waals surface area contributed by atoms with Crippen molar-refractivity contribution < 1.29 is 19.0 Å². The Morgan fingerprint density at radius 3 is 2.88 bits per heavy atom. The van der Waals surface area contributed by atoms with Crippen LogP contribution >= 0.6 is 13.5 Å². The van der Waals surface area contributed by atoms with E-state index < -0.39 is 5.91 Å². The fourth-order valence-electron chi connectivity index (χ4n) is 3.58. The van der Waals surface area contributed by atoms with Crippen molar-refractivity contribution in [3.63, 3.8) is 0 Å². The lowest BCUT2D eigenvalue weighted by molar-refractivity contribution is -0.149. The molecule has 11 heteroatoms. The summed E-state index contributed by atoms with van der Waals surface area (Å²) in [5, 5.41) is 9.84. The lowest BCUT2D eigenvalue weighted by atomic mass is 9.90. The summed E-state index contributed by atoms with van der Waals surface area (Å²) < 4.78 is 17.3. The number of hydrogen-bond donors (Lipinski definition) is 4. The maximum absolute atomic E-state index is 11.7. The molecule has 0 bridgehead atoms. The summed E-state index contributed by atoms with van der Waals surface area (Å²) in [6.45, 7) is 5.43. The maximum atomic E-state index is 11.7. The van der Waals surface area contributed by atoms with Gasteiger partial charge >= 0.3 is 0 Å². The van der Waals surface area contributed by atoms with Crippen LogP contribution < -0.4 is 26.4 Å². The van der Waals surface area contributed by atoms with Gasteiger partial charge in [-0.3, -0.25) is 4.79 Å². The third-order valence-corrected chi connectivity index (χ3v) is 5.72. The van der Waals surface area contributed by atoms with Crippen LogP contribution in [-0.4, -0.2) is 61.0 Å². The number of rotatable bonds is 8. The number of nitrogens with two attached hydrogens (primary N) is 1. The highest BCUT2D eigenvalue weighted by atomic mass is 32.1. The topological polar surface area (TPSA) is 133 Å². The molecule has 0 unspecified atom stereocenters. The summed E-state index contributed by atoms with van der Waals surface area (Å²) in [5.74, 6) is 1.05. The molecular weight excluding hydrogens is 444 g/mol. The van der Waals surface area contributed by atoms with Gasteiger partial charge in [0.2, 0.25) is 5.95 Å². The molecule has 3 aliphatic rings. The van der Waals surface area contributed by atoms with Crippen molar-refractivity contribution in [1.29, 1.82) is 0 Å². The molecule has 1 amide bonds. The number of anilines is 4. The van der Waals surface area contributed by atoms with E-state index in [2.05, 4.69) is 32.8 Å². The van der Waals surface area contributed by atoms with Crippen LogP contribution in [0.25, 0.3) is 0 Å². The van der Waals surface area contributed by atoms with E-state index >= 15 is 0 Å². The number of primary amides is 1. The average molecular weight is 475 g/mol. The average Bonchev–Trinajstić information content (AvgIpc) is 3.58. The molecule has 5 rings (SSSR count). The first-order valence-electron chi connectivity index (χ1n) is 10.9. The highest BCUT2D eigenvalue weighted by Gasteiger charge is 2.34. The highest BCUT2D eigenvalue weighted by molar-refractivity contribution is 7.59. The van der Waals surface area contributed by atoms with Gasteiger partial charge in [-0.15, -0.1) is 0 Å². The van der Waals surface area contributed by atoms with E-state index in [0.717, 1.165) is 43.2 Å². The molecule has 1 saturated carbocycles. The molecule has 0 radical (unpaired) electrons. The number of fused-ring (bicyclic) bond motifs is 1. The Kier molecular flexibility index (Phi) is 6.82. The fraction of sp³-hybridized carbons (Fsp3) is 0.500. The lowest BCUT2D eigenvalue weighted by Gasteiger charge is -2.38.